The average molecular weight is 250 g/mol. The van der Waals surface area contributed by atoms with Gasteiger partial charge in [-0.3, -0.25) is 4.98 Å². The van der Waals surface area contributed by atoms with Gasteiger partial charge in [0.1, 0.15) is 5.75 Å². The highest BCUT2D eigenvalue weighted by Crippen LogP contribution is 2.24. The maximum atomic E-state index is 5.42. The van der Waals surface area contributed by atoms with Gasteiger partial charge >= 0.3 is 0 Å². The Hall–Kier alpha value is -1.09. The van der Waals surface area contributed by atoms with Crippen molar-refractivity contribution in [1.82, 2.24) is 10.3 Å². The molecule has 0 saturated carbocycles. The Labute approximate surface area is 111 Å². The molecule has 0 aliphatic heterocycles. The van der Waals surface area contributed by atoms with Gasteiger partial charge in [0.25, 0.3) is 0 Å². The van der Waals surface area contributed by atoms with Gasteiger partial charge in [0, 0.05) is 30.4 Å². The van der Waals surface area contributed by atoms with Gasteiger partial charge in [-0.1, -0.05) is 20.8 Å². The second kappa shape index (κ2) is 6.19. The predicted molar refractivity (Wildman–Crippen MR) is 76.0 cm³/mol. The molecule has 1 N–H and O–H groups in total. The number of nitrogens with one attached hydrogen (secondary N) is 1. The summed E-state index contributed by atoms with van der Waals surface area (Å²) >= 11 is 0. The van der Waals surface area contributed by atoms with Crippen LogP contribution in [-0.2, 0) is 6.54 Å². The third kappa shape index (κ3) is 3.70. The molecule has 1 heterocycles. The lowest BCUT2D eigenvalue weighted by Crippen LogP contribution is -2.29. The number of methoxy groups -OCH3 is 1. The molecule has 18 heavy (non-hydrogen) atoms. The fraction of sp³-hybridized carbons (Fsp3) is 0.667. The average Bonchev–Trinajstić information content (AvgIpc) is 2.33. The fourth-order valence-electron chi connectivity index (χ4n) is 1.89. The van der Waals surface area contributed by atoms with Crippen LogP contribution in [0.2, 0.25) is 0 Å². The molecule has 0 atom stereocenters. The number of nitrogens with zero attached hydrogens (tertiary/aromatic N) is 1. The quantitative estimate of drug-likeness (QED) is 0.841. The van der Waals surface area contributed by atoms with Crippen LogP contribution in [-0.4, -0.2) is 18.6 Å². The summed E-state index contributed by atoms with van der Waals surface area (Å²) in [6, 6.07) is 0. The highest BCUT2D eigenvalue weighted by atomic mass is 16.5. The van der Waals surface area contributed by atoms with Crippen molar-refractivity contribution in [3.63, 3.8) is 0 Å². The molecule has 0 spiro atoms. The van der Waals surface area contributed by atoms with Crippen LogP contribution in [0.15, 0.2) is 6.20 Å². The van der Waals surface area contributed by atoms with Crippen LogP contribution in [0.1, 0.15) is 44.0 Å². The number of aryl methyl sites for hydroxylation is 1. The minimum Gasteiger partial charge on any atom is -0.496 e. The lowest BCUT2D eigenvalue weighted by Gasteiger charge is -2.23. The summed E-state index contributed by atoms with van der Waals surface area (Å²) in [6.45, 7) is 12.7. The van der Waals surface area contributed by atoms with E-state index in [0.717, 1.165) is 35.7 Å². The van der Waals surface area contributed by atoms with E-state index in [-0.39, 0.29) is 0 Å². The number of hydrogen-bond donors (Lipinski definition) is 1. The normalized spacial score (nSPS) is 11.7. The number of aromatic nitrogens is 1. The van der Waals surface area contributed by atoms with Gasteiger partial charge in [-0.15, -0.1) is 0 Å². The lowest BCUT2D eigenvalue weighted by atomic mass is 9.90. The SMILES string of the molecule is CCC(C)(C)CNCc1ncc(C)c(OC)c1C. The Morgan fingerprint density at radius 3 is 2.56 bits per heavy atom. The van der Waals surface area contributed by atoms with Crippen molar-refractivity contribution in [3.8, 4) is 5.75 Å². The van der Waals surface area contributed by atoms with E-state index in [2.05, 4.69) is 38.0 Å². The van der Waals surface area contributed by atoms with Crippen molar-refractivity contribution in [3.05, 3.63) is 23.0 Å². The molecule has 0 aliphatic rings. The predicted octanol–water partition coefficient (Wildman–Crippen LogP) is 3.23. The van der Waals surface area contributed by atoms with E-state index >= 15 is 0 Å². The van der Waals surface area contributed by atoms with Gasteiger partial charge in [-0.25, -0.2) is 0 Å². The zero-order valence-electron chi connectivity index (χ0n) is 12.6. The van der Waals surface area contributed by atoms with E-state index in [1.807, 2.05) is 13.1 Å². The molecule has 0 fully saturated rings. The molecule has 0 bridgehead atoms. The molecule has 1 rings (SSSR count). The fourth-order valence-corrected chi connectivity index (χ4v) is 1.89. The first-order valence-corrected chi connectivity index (χ1v) is 6.61. The van der Waals surface area contributed by atoms with Gasteiger partial charge in [0.2, 0.25) is 0 Å². The maximum Gasteiger partial charge on any atom is 0.128 e. The summed E-state index contributed by atoms with van der Waals surface area (Å²) in [6.07, 6.45) is 3.05. The molecular formula is C15H26N2O. The first-order valence-electron chi connectivity index (χ1n) is 6.61. The molecule has 3 heteroatoms. The minimum atomic E-state index is 0.336. The lowest BCUT2D eigenvalue weighted by molar-refractivity contribution is 0.326. The number of hydrogen-bond acceptors (Lipinski definition) is 3. The molecular weight excluding hydrogens is 224 g/mol. The van der Waals surface area contributed by atoms with Gasteiger partial charge in [-0.05, 0) is 25.7 Å². The number of pyridine rings is 1. The summed E-state index contributed by atoms with van der Waals surface area (Å²) in [5, 5.41) is 3.49. The summed E-state index contributed by atoms with van der Waals surface area (Å²) in [5.41, 5.74) is 3.64. The summed E-state index contributed by atoms with van der Waals surface area (Å²) in [7, 11) is 1.72. The van der Waals surface area contributed by atoms with Crippen molar-refractivity contribution in [2.75, 3.05) is 13.7 Å². The first kappa shape index (κ1) is 15.0. The van der Waals surface area contributed by atoms with Crippen LogP contribution in [0.5, 0.6) is 5.75 Å². The van der Waals surface area contributed by atoms with Crippen molar-refractivity contribution in [2.45, 2.75) is 47.6 Å². The van der Waals surface area contributed by atoms with E-state index in [4.69, 9.17) is 4.74 Å². The Balaban J connectivity index is 2.69. The molecule has 0 radical (unpaired) electrons. The van der Waals surface area contributed by atoms with Crippen molar-refractivity contribution >= 4 is 0 Å². The first-order chi connectivity index (χ1) is 8.41. The molecule has 0 saturated heterocycles. The zero-order valence-corrected chi connectivity index (χ0v) is 12.6. The zero-order chi connectivity index (χ0) is 13.8. The van der Waals surface area contributed by atoms with E-state index in [0.29, 0.717) is 5.41 Å². The van der Waals surface area contributed by atoms with Crippen molar-refractivity contribution in [2.24, 2.45) is 5.41 Å². The summed E-state index contributed by atoms with van der Waals surface area (Å²) in [4.78, 5) is 4.49. The van der Waals surface area contributed by atoms with Gasteiger partial charge < -0.3 is 10.1 Å². The van der Waals surface area contributed by atoms with Crippen molar-refractivity contribution in [1.29, 1.82) is 0 Å². The second-order valence-corrected chi connectivity index (χ2v) is 5.67. The Morgan fingerprint density at radius 2 is 2.00 bits per heavy atom. The molecule has 3 nitrogen and oxygen atoms in total. The molecule has 0 aliphatic carbocycles. The van der Waals surface area contributed by atoms with Gasteiger partial charge in [0.05, 0.1) is 12.8 Å². The topological polar surface area (TPSA) is 34.2 Å². The Bertz CT molecular complexity index is 400. The van der Waals surface area contributed by atoms with Crippen LogP contribution in [0.25, 0.3) is 0 Å². The van der Waals surface area contributed by atoms with Crippen LogP contribution >= 0.6 is 0 Å². The standard InChI is InChI=1S/C15H26N2O/c1-7-15(4,5)10-16-9-13-12(3)14(18-6)11(2)8-17-13/h8,16H,7,9-10H2,1-6H3. The van der Waals surface area contributed by atoms with E-state index in [1.165, 1.54) is 6.42 Å². The van der Waals surface area contributed by atoms with E-state index < -0.39 is 0 Å². The minimum absolute atomic E-state index is 0.336. The smallest absolute Gasteiger partial charge is 0.128 e. The molecule has 0 aromatic carbocycles. The Morgan fingerprint density at radius 1 is 1.33 bits per heavy atom. The maximum absolute atomic E-state index is 5.42. The van der Waals surface area contributed by atoms with Crippen LogP contribution in [0.4, 0.5) is 0 Å². The highest BCUT2D eigenvalue weighted by molar-refractivity contribution is 5.40. The van der Waals surface area contributed by atoms with Crippen LogP contribution in [0, 0.1) is 19.3 Å². The van der Waals surface area contributed by atoms with E-state index in [1.54, 1.807) is 7.11 Å². The van der Waals surface area contributed by atoms with Crippen molar-refractivity contribution < 1.29 is 4.74 Å². The molecule has 1 aromatic rings. The number of rotatable bonds is 6. The molecule has 0 amide bonds. The third-order valence-electron chi connectivity index (χ3n) is 3.60. The largest absolute Gasteiger partial charge is 0.496 e. The van der Waals surface area contributed by atoms with Crippen LogP contribution in [0.3, 0.4) is 0 Å². The van der Waals surface area contributed by atoms with Crippen LogP contribution < -0.4 is 10.1 Å². The third-order valence-corrected chi connectivity index (χ3v) is 3.60. The van der Waals surface area contributed by atoms with Gasteiger partial charge in [0.15, 0.2) is 0 Å². The van der Waals surface area contributed by atoms with E-state index in [9.17, 15) is 0 Å². The number of ether oxygens (including phenoxy) is 1. The highest BCUT2D eigenvalue weighted by Gasteiger charge is 2.15. The monoisotopic (exact) mass is 250 g/mol. The second-order valence-electron chi connectivity index (χ2n) is 5.67. The van der Waals surface area contributed by atoms with Gasteiger partial charge in [-0.2, -0.15) is 0 Å². The summed E-state index contributed by atoms with van der Waals surface area (Å²) in [5.74, 6) is 0.955. The summed E-state index contributed by atoms with van der Waals surface area (Å²) < 4.78 is 5.42. The Kier molecular flexibility index (Phi) is 5.15. The molecule has 0 unspecified atom stereocenters. The molecule has 102 valence electrons. The molecule has 1 aromatic heterocycles.